The van der Waals surface area contributed by atoms with Crippen molar-refractivity contribution in [1.29, 1.82) is 0 Å². The number of carbonyl (C=O) groups excluding carboxylic acids is 1. The second-order valence-corrected chi connectivity index (χ2v) is 5.97. The lowest BCUT2D eigenvalue weighted by molar-refractivity contribution is 0.0746. The second-order valence-electron chi connectivity index (χ2n) is 5.06. The van der Waals surface area contributed by atoms with E-state index in [0.29, 0.717) is 18.7 Å². The van der Waals surface area contributed by atoms with Gasteiger partial charge in [0.05, 0.1) is 5.56 Å². The van der Waals surface area contributed by atoms with Crippen molar-refractivity contribution in [3.8, 4) is 0 Å². The van der Waals surface area contributed by atoms with E-state index in [9.17, 15) is 9.59 Å². The average molecular weight is 363 g/mol. The first kappa shape index (κ1) is 14.8. The van der Waals surface area contributed by atoms with Crippen molar-refractivity contribution in [2.24, 2.45) is 0 Å². The number of rotatable bonds is 2. The summed E-state index contributed by atoms with van der Waals surface area (Å²) in [4.78, 5) is 34.3. The molecule has 1 aliphatic rings. The second kappa shape index (κ2) is 6.31. The van der Waals surface area contributed by atoms with E-state index in [1.165, 1.54) is 12.3 Å². The van der Waals surface area contributed by atoms with E-state index in [-0.39, 0.29) is 11.5 Å². The Kier molecular flexibility index (Phi) is 4.24. The molecule has 7 heteroatoms. The molecule has 0 aromatic carbocycles. The van der Waals surface area contributed by atoms with Crippen LogP contribution in [0.1, 0.15) is 10.4 Å². The van der Waals surface area contributed by atoms with Crippen LogP contribution >= 0.6 is 15.9 Å². The molecule has 1 saturated heterocycles. The summed E-state index contributed by atoms with van der Waals surface area (Å²) in [5.41, 5.74) is 0.303. The number of pyridine rings is 2. The minimum absolute atomic E-state index is 0.0559. The number of aromatic amines is 1. The minimum atomic E-state index is -0.206. The molecule has 0 unspecified atom stereocenters. The topological polar surface area (TPSA) is 69.3 Å². The lowest BCUT2D eigenvalue weighted by atomic mass is 10.2. The number of piperazine rings is 1. The van der Waals surface area contributed by atoms with Gasteiger partial charge in [0.1, 0.15) is 5.82 Å². The van der Waals surface area contributed by atoms with Gasteiger partial charge in [-0.15, -0.1) is 0 Å². The summed E-state index contributed by atoms with van der Waals surface area (Å²) in [6, 6.07) is 6.85. The fourth-order valence-corrected chi connectivity index (χ4v) is 2.65. The van der Waals surface area contributed by atoms with Crippen LogP contribution < -0.4 is 10.5 Å². The molecule has 3 heterocycles. The molecule has 22 heavy (non-hydrogen) atoms. The molecule has 1 fully saturated rings. The van der Waals surface area contributed by atoms with E-state index in [2.05, 4.69) is 30.8 Å². The molecule has 0 aliphatic carbocycles. The van der Waals surface area contributed by atoms with Crippen LogP contribution in [0.2, 0.25) is 0 Å². The van der Waals surface area contributed by atoms with Gasteiger partial charge in [0.2, 0.25) is 5.56 Å². The van der Waals surface area contributed by atoms with Crippen LogP contribution in [0.25, 0.3) is 0 Å². The number of amides is 1. The molecular formula is C15H15BrN4O2. The number of hydrogen-bond acceptors (Lipinski definition) is 4. The summed E-state index contributed by atoms with van der Waals surface area (Å²) < 4.78 is 0.947. The highest BCUT2D eigenvalue weighted by Crippen LogP contribution is 2.17. The predicted octanol–water partition coefficient (Wildman–Crippen LogP) is 1.49. The molecule has 2 aromatic rings. The molecule has 3 rings (SSSR count). The van der Waals surface area contributed by atoms with Crippen LogP contribution in [0, 0.1) is 0 Å². The maximum atomic E-state index is 12.4. The Labute approximate surface area is 135 Å². The van der Waals surface area contributed by atoms with Crippen molar-refractivity contribution >= 4 is 27.7 Å². The summed E-state index contributed by atoms with van der Waals surface area (Å²) in [7, 11) is 0. The highest BCUT2D eigenvalue weighted by atomic mass is 79.9. The van der Waals surface area contributed by atoms with Crippen molar-refractivity contribution in [2.45, 2.75) is 0 Å². The Morgan fingerprint density at radius 1 is 1.14 bits per heavy atom. The quantitative estimate of drug-likeness (QED) is 0.878. The smallest absolute Gasteiger partial charge is 0.255 e. The minimum Gasteiger partial charge on any atom is -0.353 e. The first-order valence-corrected chi connectivity index (χ1v) is 7.77. The molecule has 0 spiro atoms. The molecule has 1 N–H and O–H groups in total. The molecule has 2 aromatic heterocycles. The zero-order chi connectivity index (χ0) is 15.5. The predicted molar refractivity (Wildman–Crippen MR) is 87.1 cm³/mol. The Hall–Kier alpha value is -2.15. The number of anilines is 1. The van der Waals surface area contributed by atoms with Gasteiger partial charge in [-0.25, -0.2) is 4.98 Å². The van der Waals surface area contributed by atoms with Crippen LogP contribution in [0.5, 0.6) is 0 Å². The Morgan fingerprint density at radius 3 is 2.50 bits per heavy atom. The van der Waals surface area contributed by atoms with Crippen molar-refractivity contribution < 1.29 is 4.79 Å². The van der Waals surface area contributed by atoms with Crippen molar-refractivity contribution in [3.63, 3.8) is 0 Å². The summed E-state index contributed by atoms with van der Waals surface area (Å²) in [5, 5.41) is 0. The lowest BCUT2D eigenvalue weighted by Gasteiger charge is -2.35. The monoisotopic (exact) mass is 362 g/mol. The van der Waals surface area contributed by atoms with Crippen LogP contribution in [-0.4, -0.2) is 47.0 Å². The third kappa shape index (κ3) is 3.19. The van der Waals surface area contributed by atoms with E-state index in [0.717, 1.165) is 23.4 Å². The van der Waals surface area contributed by atoms with Gasteiger partial charge < -0.3 is 14.8 Å². The number of nitrogens with zero attached hydrogens (tertiary/aromatic N) is 3. The van der Waals surface area contributed by atoms with Gasteiger partial charge in [-0.3, -0.25) is 9.59 Å². The molecule has 0 atom stereocenters. The third-order valence-corrected chi connectivity index (χ3v) is 4.10. The molecule has 1 amide bonds. The van der Waals surface area contributed by atoms with Gasteiger partial charge in [0.25, 0.3) is 5.91 Å². The summed E-state index contributed by atoms with van der Waals surface area (Å²) in [5.74, 6) is 0.860. The SMILES string of the molecule is O=C(c1ccc(=O)[nH]c1)N1CCN(c2ccc(Br)cn2)CC1. The maximum Gasteiger partial charge on any atom is 0.255 e. The van der Waals surface area contributed by atoms with Gasteiger partial charge in [0, 0.05) is 49.1 Å². The molecule has 0 saturated carbocycles. The van der Waals surface area contributed by atoms with Gasteiger partial charge in [-0.2, -0.15) is 0 Å². The van der Waals surface area contributed by atoms with E-state index in [1.54, 1.807) is 17.2 Å². The van der Waals surface area contributed by atoms with Gasteiger partial charge in [0.15, 0.2) is 0 Å². The fourth-order valence-electron chi connectivity index (χ4n) is 2.42. The first-order chi connectivity index (χ1) is 10.6. The number of hydrogen-bond donors (Lipinski definition) is 1. The summed E-state index contributed by atoms with van der Waals surface area (Å²) in [6.45, 7) is 2.75. The normalized spacial score (nSPS) is 15.0. The van der Waals surface area contributed by atoms with Crippen LogP contribution in [0.15, 0.2) is 45.9 Å². The summed E-state index contributed by atoms with van der Waals surface area (Å²) >= 11 is 3.37. The Bertz CT molecular complexity index is 701. The molecule has 1 aliphatic heterocycles. The zero-order valence-corrected chi connectivity index (χ0v) is 13.4. The molecule has 0 bridgehead atoms. The van der Waals surface area contributed by atoms with E-state index in [4.69, 9.17) is 0 Å². The number of H-pyrrole nitrogens is 1. The van der Waals surface area contributed by atoms with Crippen LogP contribution in [-0.2, 0) is 0 Å². The standard InChI is InChI=1S/C15H15BrN4O2/c16-12-2-3-13(17-10-12)19-5-7-20(8-6-19)15(22)11-1-4-14(21)18-9-11/h1-4,9-10H,5-8H2,(H,18,21). The Morgan fingerprint density at radius 2 is 1.91 bits per heavy atom. The number of carbonyl (C=O) groups is 1. The number of nitrogens with one attached hydrogen (secondary N) is 1. The number of halogens is 1. The molecule has 6 nitrogen and oxygen atoms in total. The third-order valence-electron chi connectivity index (χ3n) is 3.63. The molecule has 114 valence electrons. The molecular weight excluding hydrogens is 348 g/mol. The van der Waals surface area contributed by atoms with Crippen molar-refractivity contribution in [3.05, 3.63) is 57.0 Å². The zero-order valence-electron chi connectivity index (χ0n) is 11.8. The molecule has 0 radical (unpaired) electrons. The average Bonchev–Trinajstić information content (AvgIpc) is 2.56. The van der Waals surface area contributed by atoms with E-state index < -0.39 is 0 Å². The highest BCUT2D eigenvalue weighted by molar-refractivity contribution is 9.10. The van der Waals surface area contributed by atoms with Gasteiger partial charge in [-0.1, -0.05) is 0 Å². The van der Waals surface area contributed by atoms with E-state index >= 15 is 0 Å². The Balaban J connectivity index is 1.64. The fraction of sp³-hybridized carbons (Fsp3) is 0.267. The first-order valence-electron chi connectivity index (χ1n) is 6.98. The van der Waals surface area contributed by atoms with Crippen molar-refractivity contribution in [2.75, 3.05) is 31.1 Å². The summed E-state index contributed by atoms with van der Waals surface area (Å²) in [6.07, 6.45) is 3.24. The van der Waals surface area contributed by atoms with E-state index in [1.807, 2.05) is 12.1 Å². The van der Waals surface area contributed by atoms with Gasteiger partial charge in [-0.05, 0) is 34.1 Å². The van der Waals surface area contributed by atoms with Crippen LogP contribution in [0.3, 0.4) is 0 Å². The number of aromatic nitrogens is 2. The van der Waals surface area contributed by atoms with Crippen molar-refractivity contribution in [1.82, 2.24) is 14.9 Å². The largest absolute Gasteiger partial charge is 0.353 e. The maximum absolute atomic E-state index is 12.4. The lowest BCUT2D eigenvalue weighted by Crippen LogP contribution is -2.49. The van der Waals surface area contributed by atoms with Crippen LogP contribution in [0.4, 0.5) is 5.82 Å². The van der Waals surface area contributed by atoms with Gasteiger partial charge >= 0.3 is 0 Å². The highest BCUT2D eigenvalue weighted by Gasteiger charge is 2.22.